The molecule has 0 unspecified atom stereocenters. The SMILES string of the molecule is Cc1nc(COc2ccccc2Cl)[nH]c(=O)c1Cl. The van der Waals surface area contributed by atoms with Crippen molar-refractivity contribution in [3.63, 3.8) is 0 Å². The highest BCUT2D eigenvalue weighted by atomic mass is 35.5. The molecule has 0 aliphatic heterocycles. The van der Waals surface area contributed by atoms with E-state index in [-0.39, 0.29) is 17.2 Å². The average molecular weight is 285 g/mol. The van der Waals surface area contributed by atoms with Crippen molar-refractivity contribution in [1.29, 1.82) is 0 Å². The molecule has 1 aromatic heterocycles. The van der Waals surface area contributed by atoms with Crippen molar-refractivity contribution >= 4 is 23.2 Å². The Kier molecular flexibility index (Phi) is 3.89. The first-order valence-corrected chi connectivity index (χ1v) is 5.96. The summed E-state index contributed by atoms with van der Waals surface area (Å²) in [5, 5.41) is 0.599. The van der Waals surface area contributed by atoms with Crippen molar-refractivity contribution in [2.45, 2.75) is 13.5 Å². The monoisotopic (exact) mass is 284 g/mol. The first-order valence-electron chi connectivity index (χ1n) is 5.20. The molecule has 0 radical (unpaired) electrons. The zero-order valence-corrected chi connectivity index (χ0v) is 11.0. The summed E-state index contributed by atoms with van der Waals surface area (Å²) in [6, 6.07) is 7.08. The van der Waals surface area contributed by atoms with Crippen molar-refractivity contribution in [3.05, 3.63) is 56.2 Å². The third-order valence-corrected chi connectivity index (χ3v) is 3.04. The van der Waals surface area contributed by atoms with Gasteiger partial charge in [0.1, 0.15) is 23.2 Å². The minimum Gasteiger partial charge on any atom is -0.484 e. The molecule has 6 heteroatoms. The van der Waals surface area contributed by atoms with Gasteiger partial charge in [-0.3, -0.25) is 4.79 Å². The molecule has 4 nitrogen and oxygen atoms in total. The molecule has 1 N–H and O–H groups in total. The van der Waals surface area contributed by atoms with Crippen molar-refractivity contribution < 1.29 is 4.74 Å². The molecule has 2 aromatic rings. The molecule has 0 saturated heterocycles. The molecule has 0 saturated carbocycles. The van der Waals surface area contributed by atoms with Crippen LogP contribution in [0.25, 0.3) is 0 Å². The number of benzene rings is 1. The van der Waals surface area contributed by atoms with Gasteiger partial charge in [0, 0.05) is 0 Å². The van der Waals surface area contributed by atoms with Crippen LogP contribution in [0.4, 0.5) is 0 Å². The summed E-state index contributed by atoms with van der Waals surface area (Å²) in [6.45, 7) is 1.79. The van der Waals surface area contributed by atoms with Crippen LogP contribution in [-0.2, 0) is 6.61 Å². The molecule has 0 atom stereocenters. The summed E-state index contributed by atoms with van der Waals surface area (Å²) in [5.41, 5.74) is 0.0973. The number of ether oxygens (including phenoxy) is 1. The summed E-state index contributed by atoms with van der Waals surface area (Å²) in [6.07, 6.45) is 0. The molecule has 0 aliphatic rings. The third-order valence-electron chi connectivity index (χ3n) is 2.28. The zero-order valence-electron chi connectivity index (χ0n) is 9.54. The Morgan fingerprint density at radius 1 is 1.33 bits per heavy atom. The van der Waals surface area contributed by atoms with Gasteiger partial charge < -0.3 is 9.72 Å². The van der Waals surface area contributed by atoms with E-state index in [1.807, 2.05) is 12.1 Å². The quantitative estimate of drug-likeness (QED) is 0.943. The van der Waals surface area contributed by atoms with Gasteiger partial charge in [-0.2, -0.15) is 0 Å². The number of nitrogens with zero attached hydrogens (tertiary/aromatic N) is 1. The summed E-state index contributed by atoms with van der Waals surface area (Å²) >= 11 is 11.7. The fourth-order valence-corrected chi connectivity index (χ4v) is 1.69. The van der Waals surface area contributed by atoms with Gasteiger partial charge in [0.05, 0.1) is 10.7 Å². The van der Waals surface area contributed by atoms with E-state index in [9.17, 15) is 4.79 Å². The van der Waals surface area contributed by atoms with Crippen LogP contribution in [0.2, 0.25) is 10.0 Å². The summed E-state index contributed by atoms with van der Waals surface area (Å²) in [7, 11) is 0. The van der Waals surface area contributed by atoms with Gasteiger partial charge in [-0.1, -0.05) is 35.3 Å². The Bertz CT molecular complexity index is 626. The van der Waals surface area contributed by atoms with E-state index in [4.69, 9.17) is 27.9 Å². The van der Waals surface area contributed by atoms with E-state index in [1.54, 1.807) is 19.1 Å². The summed E-state index contributed by atoms with van der Waals surface area (Å²) in [4.78, 5) is 18.1. The smallest absolute Gasteiger partial charge is 0.270 e. The van der Waals surface area contributed by atoms with Gasteiger partial charge in [0.15, 0.2) is 0 Å². The van der Waals surface area contributed by atoms with E-state index >= 15 is 0 Å². The number of hydrogen-bond acceptors (Lipinski definition) is 3. The van der Waals surface area contributed by atoms with Crippen LogP contribution in [0.5, 0.6) is 5.75 Å². The highest BCUT2D eigenvalue weighted by Crippen LogP contribution is 2.23. The van der Waals surface area contributed by atoms with Crippen molar-refractivity contribution in [2.75, 3.05) is 0 Å². The van der Waals surface area contributed by atoms with Crippen molar-refractivity contribution in [1.82, 2.24) is 9.97 Å². The fourth-order valence-electron chi connectivity index (χ4n) is 1.41. The molecule has 0 aliphatic carbocycles. The van der Waals surface area contributed by atoms with Crippen LogP contribution in [-0.4, -0.2) is 9.97 Å². The minimum absolute atomic E-state index is 0.0940. The van der Waals surface area contributed by atoms with Crippen molar-refractivity contribution in [3.8, 4) is 5.75 Å². The van der Waals surface area contributed by atoms with E-state index in [1.165, 1.54) is 0 Å². The van der Waals surface area contributed by atoms with E-state index < -0.39 is 0 Å². The molecule has 18 heavy (non-hydrogen) atoms. The molecule has 2 rings (SSSR count). The highest BCUT2D eigenvalue weighted by Gasteiger charge is 2.07. The molecular formula is C12H10Cl2N2O2. The average Bonchev–Trinajstić information content (AvgIpc) is 2.35. The molecular weight excluding hydrogens is 275 g/mol. The maximum atomic E-state index is 11.4. The van der Waals surface area contributed by atoms with Crippen LogP contribution in [0.3, 0.4) is 0 Å². The normalized spacial score (nSPS) is 10.4. The standard InChI is InChI=1S/C12H10Cl2N2O2/c1-7-11(14)12(17)16-10(15-7)6-18-9-5-3-2-4-8(9)13/h2-5H,6H2,1H3,(H,15,16,17). The number of nitrogens with one attached hydrogen (secondary N) is 1. The number of aromatic amines is 1. The number of halogens is 2. The Balaban J connectivity index is 2.17. The topological polar surface area (TPSA) is 55.0 Å². The number of hydrogen-bond donors (Lipinski definition) is 1. The Morgan fingerprint density at radius 2 is 2.06 bits per heavy atom. The van der Waals surface area contributed by atoms with Crippen LogP contribution in [0.1, 0.15) is 11.5 Å². The first-order chi connectivity index (χ1) is 8.58. The lowest BCUT2D eigenvalue weighted by atomic mass is 10.3. The maximum absolute atomic E-state index is 11.4. The minimum atomic E-state index is -0.373. The molecule has 0 bridgehead atoms. The van der Waals surface area contributed by atoms with E-state index in [0.717, 1.165) is 0 Å². The largest absolute Gasteiger partial charge is 0.484 e. The molecule has 0 fully saturated rings. The Morgan fingerprint density at radius 3 is 2.72 bits per heavy atom. The van der Waals surface area contributed by atoms with Gasteiger partial charge in [-0.15, -0.1) is 0 Å². The number of aromatic nitrogens is 2. The second-order valence-corrected chi connectivity index (χ2v) is 4.42. The van der Waals surface area contributed by atoms with E-state index in [2.05, 4.69) is 9.97 Å². The van der Waals surface area contributed by atoms with Gasteiger partial charge in [0.2, 0.25) is 0 Å². The first kappa shape index (κ1) is 12.9. The predicted octanol–water partition coefficient (Wildman–Crippen LogP) is 2.96. The number of para-hydroxylation sites is 1. The van der Waals surface area contributed by atoms with Crippen LogP contribution < -0.4 is 10.3 Å². The lowest BCUT2D eigenvalue weighted by Gasteiger charge is -2.07. The van der Waals surface area contributed by atoms with Crippen LogP contribution in [0, 0.1) is 6.92 Å². The lowest BCUT2D eigenvalue weighted by molar-refractivity contribution is 0.295. The van der Waals surface area contributed by atoms with E-state index in [0.29, 0.717) is 22.3 Å². The lowest BCUT2D eigenvalue weighted by Crippen LogP contribution is -2.15. The van der Waals surface area contributed by atoms with Crippen molar-refractivity contribution in [2.24, 2.45) is 0 Å². The molecule has 0 amide bonds. The van der Waals surface area contributed by atoms with Gasteiger partial charge >= 0.3 is 0 Å². The molecule has 94 valence electrons. The second kappa shape index (κ2) is 5.42. The summed E-state index contributed by atoms with van der Waals surface area (Å²) < 4.78 is 5.47. The fraction of sp³-hybridized carbons (Fsp3) is 0.167. The highest BCUT2D eigenvalue weighted by molar-refractivity contribution is 6.32. The van der Waals surface area contributed by atoms with Crippen LogP contribution >= 0.6 is 23.2 Å². The number of aryl methyl sites for hydroxylation is 1. The third kappa shape index (κ3) is 2.83. The molecule has 0 spiro atoms. The Hall–Kier alpha value is -1.52. The second-order valence-electron chi connectivity index (χ2n) is 3.63. The van der Waals surface area contributed by atoms with Gasteiger partial charge in [0.25, 0.3) is 5.56 Å². The zero-order chi connectivity index (χ0) is 13.1. The van der Waals surface area contributed by atoms with Crippen LogP contribution in [0.15, 0.2) is 29.1 Å². The van der Waals surface area contributed by atoms with Gasteiger partial charge in [-0.25, -0.2) is 4.98 Å². The maximum Gasteiger partial charge on any atom is 0.270 e. The summed E-state index contributed by atoms with van der Waals surface area (Å²) in [5.74, 6) is 0.941. The Labute approximate surface area is 114 Å². The van der Waals surface area contributed by atoms with Gasteiger partial charge in [-0.05, 0) is 19.1 Å². The molecule has 1 heterocycles. The number of rotatable bonds is 3. The number of H-pyrrole nitrogens is 1. The molecule has 1 aromatic carbocycles. The predicted molar refractivity (Wildman–Crippen MR) is 70.4 cm³/mol.